The maximum atomic E-state index is 10.8. The molecule has 5 rings (SSSR count). The van der Waals surface area contributed by atoms with E-state index < -0.39 is 6.10 Å². The first kappa shape index (κ1) is 17.9. The van der Waals surface area contributed by atoms with E-state index in [9.17, 15) is 5.11 Å². The van der Waals surface area contributed by atoms with Crippen LogP contribution in [0, 0.1) is 6.92 Å². The summed E-state index contributed by atoms with van der Waals surface area (Å²) in [6.07, 6.45) is 2.71. The van der Waals surface area contributed by atoms with Crippen LogP contribution in [-0.2, 0) is 0 Å². The Hall–Kier alpha value is -3.21. The van der Waals surface area contributed by atoms with Crippen molar-refractivity contribution < 1.29 is 5.11 Å². The predicted octanol–water partition coefficient (Wildman–Crippen LogP) is 5.82. The Morgan fingerprint density at radius 3 is 2.62 bits per heavy atom. The fraction of sp³-hybridized carbons (Fsp3) is 0.0833. The zero-order valence-electron chi connectivity index (χ0n) is 15.7. The van der Waals surface area contributed by atoms with Crippen molar-refractivity contribution in [1.82, 2.24) is 15.0 Å². The Kier molecular flexibility index (Phi) is 4.31. The van der Waals surface area contributed by atoms with Gasteiger partial charge in [0, 0.05) is 33.8 Å². The summed E-state index contributed by atoms with van der Waals surface area (Å²) in [5.74, 6) is 0. The van der Waals surface area contributed by atoms with Crippen LogP contribution in [0.25, 0.3) is 32.9 Å². The molecule has 29 heavy (non-hydrogen) atoms. The number of nitrogens with one attached hydrogen (secondary N) is 1. The lowest BCUT2D eigenvalue weighted by Crippen LogP contribution is -2.01. The molecule has 1 unspecified atom stereocenters. The van der Waals surface area contributed by atoms with Gasteiger partial charge in [-0.2, -0.15) is 0 Å². The van der Waals surface area contributed by atoms with Crippen LogP contribution in [-0.4, -0.2) is 20.1 Å². The molecule has 5 heteroatoms. The number of hydrogen-bond donors (Lipinski definition) is 2. The van der Waals surface area contributed by atoms with E-state index in [-0.39, 0.29) is 0 Å². The van der Waals surface area contributed by atoms with Crippen molar-refractivity contribution in [3.05, 3.63) is 95.0 Å². The summed E-state index contributed by atoms with van der Waals surface area (Å²) in [4.78, 5) is 12.2. The molecule has 0 bridgehead atoms. The number of aryl methyl sites for hydroxylation is 1. The zero-order chi connectivity index (χ0) is 20.0. The predicted molar refractivity (Wildman–Crippen MR) is 117 cm³/mol. The van der Waals surface area contributed by atoms with Gasteiger partial charge in [0.05, 0.1) is 22.4 Å². The lowest BCUT2D eigenvalue weighted by Gasteiger charge is -2.13. The number of aromatic amines is 1. The Morgan fingerprint density at radius 1 is 0.897 bits per heavy atom. The van der Waals surface area contributed by atoms with Crippen LogP contribution in [0.3, 0.4) is 0 Å². The van der Waals surface area contributed by atoms with Gasteiger partial charge in [-0.05, 0) is 54.4 Å². The van der Waals surface area contributed by atoms with Gasteiger partial charge in [-0.25, -0.2) is 0 Å². The lowest BCUT2D eigenvalue weighted by molar-refractivity contribution is 0.215. The number of fused-ring (bicyclic) bond motifs is 3. The third-order valence-corrected chi connectivity index (χ3v) is 5.48. The second-order valence-electron chi connectivity index (χ2n) is 7.10. The summed E-state index contributed by atoms with van der Waals surface area (Å²) < 4.78 is 0. The highest BCUT2D eigenvalue weighted by atomic mass is 35.5. The first-order chi connectivity index (χ1) is 14.1. The van der Waals surface area contributed by atoms with E-state index in [1.807, 2.05) is 73.8 Å². The molecule has 0 saturated carbocycles. The van der Waals surface area contributed by atoms with Crippen molar-refractivity contribution in [2.45, 2.75) is 13.0 Å². The first-order valence-electron chi connectivity index (χ1n) is 9.37. The summed E-state index contributed by atoms with van der Waals surface area (Å²) in [7, 11) is 0. The van der Waals surface area contributed by atoms with Gasteiger partial charge in [-0.1, -0.05) is 35.9 Å². The van der Waals surface area contributed by atoms with Crippen molar-refractivity contribution in [2.24, 2.45) is 0 Å². The molecule has 0 radical (unpaired) electrons. The van der Waals surface area contributed by atoms with Gasteiger partial charge < -0.3 is 10.1 Å². The number of benzene rings is 2. The molecule has 4 nitrogen and oxygen atoms in total. The number of halogens is 1. The van der Waals surface area contributed by atoms with Crippen molar-refractivity contribution >= 4 is 33.4 Å². The molecule has 0 saturated heterocycles. The number of aliphatic hydroxyl groups excluding tert-OH is 1. The summed E-state index contributed by atoms with van der Waals surface area (Å²) in [5.41, 5.74) is 6.32. The molecule has 0 aliphatic heterocycles. The standard InChI is InChI=1S/C24H18ClN3O/c1-14-22-18(8-10-26-14)20-13-17(25)12-19(23(20)28-22)15-5-4-6-16(11-15)24(29)21-7-2-3-9-27-21/h2-13,24,28-29H,1H3. The van der Waals surface area contributed by atoms with Gasteiger partial charge in [0.1, 0.15) is 6.10 Å². The third kappa shape index (κ3) is 3.07. The molecule has 2 aromatic carbocycles. The van der Waals surface area contributed by atoms with Crippen LogP contribution in [0.5, 0.6) is 0 Å². The van der Waals surface area contributed by atoms with Crippen LogP contribution >= 0.6 is 11.6 Å². The number of H-pyrrole nitrogens is 1. The Morgan fingerprint density at radius 2 is 1.79 bits per heavy atom. The van der Waals surface area contributed by atoms with E-state index in [0.717, 1.165) is 44.2 Å². The topological polar surface area (TPSA) is 61.8 Å². The number of hydrogen-bond acceptors (Lipinski definition) is 3. The molecule has 3 heterocycles. The van der Waals surface area contributed by atoms with Crippen LogP contribution < -0.4 is 0 Å². The zero-order valence-corrected chi connectivity index (χ0v) is 16.5. The fourth-order valence-electron chi connectivity index (χ4n) is 3.84. The molecule has 3 aromatic heterocycles. The van der Waals surface area contributed by atoms with E-state index in [1.54, 1.807) is 6.20 Å². The second kappa shape index (κ2) is 6.99. The monoisotopic (exact) mass is 399 g/mol. The number of aliphatic hydroxyl groups is 1. The normalized spacial score (nSPS) is 12.5. The van der Waals surface area contributed by atoms with Gasteiger partial charge in [-0.3, -0.25) is 9.97 Å². The second-order valence-corrected chi connectivity index (χ2v) is 7.54. The average molecular weight is 400 g/mol. The number of pyridine rings is 2. The van der Waals surface area contributed by atoms with E-state index in [0.29, 0.717) is 10.7 Å². The van der Waals surface area contributed by atoms with Gasteiger partial charge in [0.15, 0.2) is 0 Å². The molecule has 0 aliphatic carbocycles. The number of rotatable bonds is 3. The Bertz CT molecular complexity index is 1340. The van der Waals surface area contributed by atoms with Crippen LogP contribution in [0.2, 0.25) is 5.02 Å². The molecule has 0 amide bonds. The number of nitrogens with zero attached hydrogens (tertiary/aromatic N) is 2. The van der Waals surface area contributed by atoms with E-state index >= 15 is 0 Å². The molecule has 142 valence electrons. The van der Waals surface area contributed by atoms with Crippen LogP contribution in [0.15, 0.2) is 73.1 Å². The molecule has 0 fully saturated rings. The highest BCUT2D eigenvalue weighted by Gasteiger charge is 2.16. The SMILES string of the molecule is Cc1nccc2c1[nH]c1c(-c3cccc(C(O)c4ccccn4)c3)cc(Cl)cc12. The minimum Gasteiger partial charge on any atom is -0.382 e. The van der Waals surface area contributed by atoms with E-state index in [4.69, 9.17) is 11.6 Å². The molecule has 5 aromatic rings. The summed E-state index contributed by atoms with van der Waals surface area (Å²) in [6, 6.07) is 19.3. The summed E-state index contributed by atoms with van der Waals surface area (Å²) in [5, 5.41) is 13.6. The van der Waals surface area contributed by atoms with Gasteiger partial charge in [0.2, 0.25) is 0 Å². The van der Waals surface area contributed by atoms with Gasteiger partial charge in [-0.15, -0.1) is 0 Å². The lowest BCUT2D eigenvalue weighted by atomic mass is 9.97. The van der Waals surface area contributed by atoms with Crippen LogP contribution in [0.4, 0.5) is 0 Å². The molecular weight excluding hydrogens is 382 g/mol. The van der Waals surface area contributed by atoms with Gasteiger partial charge >= 0.3 is 0 Å². The highest BCUT2D eigenvalue weighted by Crippen LogP contribution is 2.37. The van der Waals surface area contributed by atoms with E-state index in [1.165, 1.54) is 0 Å². The maximum Gasteiger partial charge on any atom is 0.121 e. The van der Waals surface area contributed by atoms with Crippen molar-refractivity contribution in [2.75, 3.05) is 0 Å². The van der Waals surface area contributed by atoms with E-state index in [2.05, 4.69) is 15.0 Å². The van der Waals surface area contributed by atoms with Crippen LogP contribution in [0.1, 0.15) is 23.1 Å². The molecule has 0 spiro atoms. The summed E-state index contributed by atoms with van der Waals surface area (Å²) in [6.45, 7) is 1.99. The molecule has 1 atom stereocenters. The Labute approximate surface area is 172 Å². The summed E-state index contributed by atoms with van der Waals surface area (Å²) >= 11 is 6.48. The number of aromatic nitrogens is 3. The van der Waals surface area contributed by atoms with Crippen molar-refractivity contribution in [3.8, 4) is 11.1 Å². The first-order valence-corrected chi connectivity index (χ1v) is 9.75. The fourth-order valence-corrected chi connectivity index (χ4v) is 4.06. The highest BCUT2D eigenvalue weighted by molar-refractivity contribution is 6.32. The largest absolute Gasteiger partial charge is 0.382 e. The molecule has 0 aliphatic rings. The minimum absolute atomic E-state index is 0.619. The Balaban J connectivity index is 1.70. The van der Waals surface area contributed by atoms with Crippen molar-refractivity contribution in [1.29, 1.82) is 0 Å². The van der Waals surface area contributed by atoms with Gasteiger partial charge in [0.25, 0.3) is 0 Å². The minimum atomic E-state index is -0.792. The van der Waals surface area contributed by atoms with Crippen molar-refractivity contribution in [3.63, 3.8) is 0 Å². The quantitative estimate of drug-likeness (QED) is 0.401. The smallest absolute Gasteiger partial charge is 0.121 e. The maximum absolute atomic E-state index is 10.8. The average Bonchev–Trinajstić information content (AvgIpc) is 3.13. The third-order valence-electron chi connectivity index (χ3n) is 5.27. The molecular formula is C24H18ClN3O. The molecule has 2 N–H and O–H groups in total.